The number of H-pyrrole nitrogens is 1. The van der Waals surface area contributed by atoms with Crippen LogP contribution in [0.25, 0.3) is 0 Å². The SMILES string of the molecule is Cc1c(C(C)c2c(Cl)cccc2Cl)nc(N(C)Cc2ccc(N3CCNCC3)cc2)[nH]c1=O. The van der Waals surface area contributed by atoms with Crippen molar-refractivity contribution in [3.05, 3.63) is 85.2 Å². The van der Waals surface area contributed by atoms with E-state index in [0.29, 0.717) is 33.8 Å². The van der Waals surface area contributed by atoms with Crippen molar-refractivity contribution < 1.29 is 0 Å². The third-order valence-electron chi connectivity index (χ3n) is 6.22. The van der Waals surface area contributed by atoms with Crippen LogP contribution in [-0.2, 0) is 6.54 Å². The molecule has 0 spiro atoms. The van der Waals surface area contributed by atoms with Gasteiger partial charge >= 0.3 is 0 Å². The second kappa shape index (κ2) is 10.2. The monoisotopic (exact) mass is 485 g/mol. The molecule has 0 amide bonds. The van der Waals surface area contributed by atoms with Gasteiger partial charge in [-0.15, -0.1) is 0 Å². The highest BCUT2D eigenvalue weighted by Gasteiger charge is 2.22. The quantitative estimate of drug-likeness (QED) is 0.534. The number of halogens is 2. The van der Waals surface area contributed by atoms with Crippen LogP contribution in [0.15, 0.2) is 47.3 Å². The van der Waals surface area contributed by atoms with Gasteiger partial charge in [-0.05, 0) is 42.3 Å². The summed E-state index contributed by atoms with van der Waals surface area (Å²) in [6.07, 6.45) is 0. The lowest BCUT2D eigenvalue weighted by Crippen LogP contribution is -2.43. The summed E-state index contributed by atoms with van der Waals surface area (Å²) >= 11 is 12.9. The van der Waals surface area contributed by atoms with Crippen LogP contribution in [0.1, 0.15) is 35.2 Å². The molecule has 6 nitrogen and oxygen atoms in total. The number of piperazine rings is 1. The van der Waals surface area contributed by atoms with Crippen molar-refractivity contribution >= 4 is 34.8 Å². The van der Waals surface area contributed by atoms with E-state index >= 15 is 0 Å². The van der Waals surface area contributed by atoms with Gasteiger partial charge in [0.15, 0.2) is 0 Å². The molecule has 0 saturated carbocycles. The van der Waals surface area contributed by atoms with E-state index in [1.807, 2.05) is 24.9 Å². The van der Waals surface area contributed by atoms with Crippen LogP contribution >= 0.6 is 23.2 Å². The molecule has 0 radical (unpaired) electrons. The summed E-state index contributed by atoms with van der Waals surface area (Å²) < 4.78 is 0. The Bertz CT molecular complexity index is 1150. The number of aromatic amines is 1. The Hall–Kier alpha value is -2.54. The number of anilines is 2. The normalized spacial score (nSPS) is 14.9. The van der Waals surface area contributed by atoms with Crippen molar-refractivity contribution in [2.45, 2.75) is 26.3 Å². The molecule has 1 aliphatic rings. The number of rotatable bonds is 6. The van der Waals surface area contributed by atoms with Crippen LogP contribution in [0.5, 0.6) is 0 Å². The smallest absolute Gasteiger partial charge is 0.255 e. The van der Waals surface area contributed by atoms with Crippen molar-refractivity contribution in [3.63, 3.8) is 0 Å². The van der Waals surface area contributed by atoms with E-state index in [1.54, 1.807) is 19.1 Å². The second-order valence-electron chi connectivity index (χ2n) is 8.52. The van der Waals surface area contributed by atoms with Crippen LogP contribution in [0.2, 0.25) is 10.0 Å². The highest BCUT2D eigenvalue weighted by Crippen LogP contribution is 2.35. The first kappa shape index (κ1) is 23.6. The number of nitrogens with zero attached hydrogens (tertiary/aromatic N) is 3. The molecule has 174 valence electrons. The van der Waals surface area contributed by atoms with E-state index in [1.165, 1.54) is 5.69 Å². The molecule has 0 bridgehead atoms. The van der Waals surface area contributed by atoms with Gasteiger partial charge in [-0.3, -0.25) is 9.78 Å². The minimum Gasteiger partial charge on any atom is -0.369 e. The lowest BCUT2D eigenvalue weighted by molar-refractivity contribution is 0.589. The van der Waals surface area contributed by atoms with E-state index in [0.717, 1.165) is 37.3 Å². The van der Waals surface area contributed by atoms with Crippen LogP contribution in [0.3, 0.4) is 0 Å². The van der Waals surface area contributed by atoms with Crippen LogP contribution in [0, 0.1) is 6.92 Å². The van der Waals surface area contributed by atoms with Gasteiger partial charge in [0.25, 0.3) is 5.56 Å². The third-order valence-corrected chi connectivity index (χ3v) is 6.88. The first-order chi connectivity index (χ1) is 15.8. The molecule has 1 aliphatic heterocycles. The summed E-state index contributed by atoms with van der Waals surface area (Å²) in [5.41, 5.74) is 4.23. The first-order valence-corrected chi connectivity index (χ1v) is 11.9. The molecular weight excluding hydrogens is 457 g/mol. The number of nitrogens with one attached hydrogen (secondary N) is 2. The van der Waals surface area contributed by atoms with E-state index < -0.39 is 0 Å². The van der Waals surface area contributed by atoms with Crippen LogP contribution < -0.4 is 20.7 Å². The van der Waals surface area contributed by atoms with E-state index in [2.05, 4.69) is 39.5 Å². The predicted molar refractivity (Wildman–Crippen MR) is 137 cm³/mol. The van der Waals surface area contributed by atoms with Gasteiger partial charge in [-0.25, -0.2) is 4.98 Å². The van der Waals surface area contributed by atoms with Gasteiger partial charge in [-0.1, -0.05) is 48.3 Å². The molecular formula is C25H29Cl2N5O. The first-order valence-electron chi connectivity index (χ1n) is 11.2. The van der Waals surface area contributed by atoms with Crippen molar-refractivity contribution in [3.8, 4) is 0 Å². The number of hydrogen-bond donors (Lipinski definition) is 2. The molecule has 2 N–H and O–H groups in total. The molecule has 2 heterocycles. The molecule has 1 unspecified atom stereocenters. The van der Waals surface area contributed by atoms with Gasteiger partial charge in [0, 0.05) is 67.0 Å². The Morgan fingerprint density at radius 3 is 2.36 bits per heavy atom. The Morgan fingerprint density at radius 2 is 1.73 bits per heavy atom. The zero-order valence-electron chi connectivity index (χ0n) is 19.2. The minimum atomic E-state index is -0.223. The Labute approximate surface area is 204 Å². The summed E-state index contributed by atoms with van der Waals surface area (Å²) in [6, 6.07) is 14.0. The number of benzene rings is 2. The van der Waals surface area contributed by atoms with E-state index in [-0.39, 0.29) is 11.5 Å². The summed E-state index contributed by atoms with van der Waals surface area (Å²) in [5, 5.41) is 4.51. The summed E-state index contributed by atoms with van der Waals surface area (Å²) in [5.74, 6) is 0.292. The molecule has 1 saturated heterocycles. The van der Waals surface area contributed by atoms with Crippen LogP contribution in [0.4, 0.5) is 11.6 Å². The van der Waals surface area contributed by atoms with Gasteiger partial charge in [-0.2, -0.15) is 0 Å². The van der Waals surface area contributed by atoms with Gasteiger partial charge in [0.1, 0.15) is 0 Å². The molecule has 8 heteroatoms. The molecule has 2 aromatic carbocycles. The highest BCUT2D eigenvalue weighted by atomic mass is 35.5. The van der Waals surface area contributed by atoms with Crippen molar-refractivity contribution in [1.29, 1.82) is 0 Å². The molecule has 4 rings (SSSR count). The Kier molecular flexibility index (Phi) is 7.27. The topological polar surface area (TPSA) is 64.3 Å². The minimum absolute atomic E-state index is 0.161. The van der Waals surface area contributed by atoms with E-state index in [9.17, 15) is 4.79 Å². The molecule has 1 fully saturated rings. The Balaban J connectivity index is 1.56. The second-order valence-corrected chi connectivity index (χ2v) is 9.33. The zero-order valence-corrected chi connectivity index (χ0v) is 20.7. The largest absolute Gasteiger partial charge is 0.369 e. The fourth-order valence-electron chi connectivity index (χ4n) is 4.28. The number of hydrogen-bond acceptors (Lipinski definition) is 5. The Morgan fingerprint density at radius 1 is 1.09 bits per heavy atom. The summed E-state index contributed by atoms with van der Waals surface area (Å²) in [4.78, 5) is 24.8. The van der Waals surface area contributed by atoms with Crippen molar-refractivity contribution in [1.82, 2.24) is 15.3 Å². The zero-order chi connectivity index (χ0) is 23.5. The van der Waals surface area contributed by atoms with Crippen molar-refractivity contribution in [2.75, 3.05) is 43.0 Å². The highest BCUT2D eigenvalue weighted by molar-refractivity contribution is 6.36. The molecule has 1 atom stereocenters. The molecule has 0 aliphatic carbocycles. The molecule has 3 aromatic rings. The van der Waals surface area contributed by atoms with Crippen molar-refractivity contribution in [2.24, 2.45) is 0 Å². The average molecular weight is 486 g/mol. The summed E-state index contributed by atoms with van der Waals surface area (Å²) in [7, 11) is 1.93. The van der Waals surface area contributed by atoms with Gasteiger partial charge < -0.3 is 15.1 Å². The molecule has 1 aromatic heterocycles. The fraction of sp³-hybridized carbons (Fsp3) is 0.360. The molecule has 33 heavy (non-hydrogen) atoms. The predicted octanol–water partition coefficient (Wildman–Crippen LogP) is 4.58. The van der Waals surface area contributed by atoms with Crippen LogP contribution in [-0.4, -0.2) is 43.2 Å². The standard InChI is InChI=1S/C25H29Cl2N5O/c1-16(22-20(26)5-4-6-21(22)27)23-17(2)24(33)30-25(29-23)31(3)15-18-7-9-19(10-8-18)32-13-11-28-12-14-32/h4-10,16,28H,11-15H2,1-3H3,(H,29,30,33). The summed E-state index contributed by atoms with van der Waals surface area (Å²) in [6.45, 7) is 8.43. The maximum Gasteiger partial charge on any atom is 0.255 e. The van der Waals surface area contributed by atoms with E-state index in [4.69, 9.17) is 28.2 Å². The lowest BCUT2D eigenvalue weighted by atomic mass is 9.95. The maximum atomic E-state index is 12.7. The third kappa shape index (κ3) is 5.18. The van der Waals surface area contributed by atoms with Gasteiger partial charge in [0.05, 0.1) is 5.69 Å². The van der Waals surface area contributed by atoms with Gasteiger partial charge in [0.2, 0.25) is 5.95 Å². The maximum absolute atomic E-state index is 12.7. The fourth-order valence-corrected chi connectivity index (χ4v) is 5.01. The number of aromatic nitrogens is 2. The average Bonchev–Trinajstić information content (AvgIpc) is 2.81. The lowest BCUT2D eigenvalue weighted by Gasteiger charge is -2.29.